The first-order valence-corrected chi connectivity index (χ1v) is 16.6. The molecule has 2 fully saturated rings. The van der Waals surface area contributed by atoms with Gasteiger partial charge in [-0.05, 0) is 58.0 Å². The molecule has 0 aliphatic carbocycles. The summed E-state index contributed by atoms with van der Waals surface area (Å²) < 4.78 is 73.3. The molecule has 244 valence electrons. The van der Waals surface area contributed by atoms with Crippen LogP contribution in [0, 0.1) is 0 Å². The first kappa shape index (κ1) is 32.8. The maximum Gasteiger partial charge on any atom is 0.437 e. The molecule has 2 aliphatic heterocycles. The minimum atomic E-state index is -4.84. The van der Waals surface area contributed by atoms with Crippen LogP contribution in [0.3, 0.4) is 0 Å². The van der Waals surface area contributed by atoms with E-state index in [1.54, 1.807) is 12.1 Å². The number of para-hydroxylation sites is 1. The summed E-state index contributed by atoms with van der Waals surface area (Å²) in [5.74, 6) is 0.520. The van der Waals surface area contributed by atoms with Crippen molar-refractivity contribution in [3.63, 3.8) is 0 Å². The van der Waals surface area contributed by atoms with Crippen LogP contribution in [0.25, 0.3) is 0 Å². The number of piperidine rings is 1. The van der Waals surface area contributed by atoms with Gasteiger partial charge in [-0.15, -0.1) is 10.2 Å². The third kappa shape index (κ3) is 7.45. The van der Waals surface area contributed by atoms with Gasteiger partial charge in [0.15, 0.2) is 21.3 Å². The predicted octanol–water partition coefficient (Wildman–Crippen LogP) is 5.39. The van der Waals surface area contributed by atoms with E-state index >= 15 is 0 Å². The molecule has 3 aromatic rings. The molecule has 10 nitrogen and oxygen atoms in total. The molecule has 2 aromatic carbocycles. The van der Waals surface area contributed by atoms with Crippen LogP contribution in [0.2, 0.25) is 0 Å². The average Bonchev–Trinajstić information content (AvgIpc) is 3.01. The highest BCUT2D eigenvalue weighted by Crippen LogP contribution is 2.38. The van der Waals surface area contributed by atoms with Crippen LogP contribution in [-0.2, 0) is 16.0 Å². The molecule has 0 spiro atoms. The largest absolute Gasteiger partial charge is 0.494 e. The number of anilines is 5. The number of aromatic nitrogens is 2. The quantitative estimate of drug-likeness (QED) is 0.314. The van der Waals surface area contributed by atoms with Crippen LogP contribution in [0.1, 0.15) is 32.4 Å². The van der Waals surface area contributed by atoms with Crippen molar-refractivity contribution in [2.24, 2.45) is 0 Å². The van der Waals surface area contributed by atoms with Gasteiger partial charge < -0.3 is 25.2 Å². The fourth-order valence-electron chi connectivity index (χ4n) is 5.77. The van der Waals surface area contributed by atoms with E-state index in [9.17, 15) is 21.6 Å². The highest BCUT2D eigenvalue weighted by Gasteiger charge is 2.37. The molecule has 2 N–H and O–H groups in total. The third-order valence-electron chi connectivity index (χ3n) is 8.48. The summed E-state index contributed by atoms with van der Waals surface area (Å²) >= 11 is 0. The molecule has 45 heavy (non-hydrogen) atoms. The van der Waals surface area contributed by atoms with Gasteiger partial charge in [-0.2, -0.15) is 13.2 Å². The topological polar surface area (TPSA) is 103 Å². The Bertz CT molecular complexity index is 1590. The number of methoxy groups -OCH3 is 1. The van der Waals surface area contributed by atoms with Crippen molar-refractivity contribution in [3.05, 3.63) is 54.2 Å². The molecular weight excluding hydrogens is 607 g/mol. The lowest BCUT2D eigenvalue weighted by Gasteiger charge is -2.42. The van der Waals surface area contributed by atoms with E-state index in [2.05, 4.69) is 42.6 Å². The maximum absolute atomic E-state index is 13.9. The first-order valence-electron chi connectivity index (χ1n) is 15.0. The summed E-state index contributed by atoms with van der Waals surface area (Å²) in [7, 11) is -0.0979. The number of piperazine rings is 1. The zero-order valence-electron chi connectivity index (χ0n) is 25.9. The molecule has 2 saturated heterocycles. The van der Waals surface area contributed by atoms with Gasteiger partial charge in [0.05, 0.1) is 34.3 Å². The molecule has 5 rings (SSSR count). The van der Waals surface area contributed by atoms with Crippen molar-refractivity contribution in [1.82, 2.24) is 20.0 Å². The zero-order chi connectivity index (χ0) is 32.4. The lowest BCUT2D eigenvalue weighted by molar-refractivity contribution is -0.141. The Kier molecular flexibility index (Phi) is 9.75. The molecule has 0 saturated carbocycles. The van der Waals surface area contributed by atoms with Gasteiger partial charge in [-0.3, -0.25) is 4.90 Å². The van der Waals surface area contributed by atoms with Crippen molar-refractivity contribution in [1.29, 1.82) is 0 Å². The van der Waals surface area contributed by atoms with E-state index in [1.807, 2.05) is 12.1 Å². The van der Waals surface area contributed by atoms with Crippen molar-refractivity contribution < 1.29 is 26.3 Å². The van der Waals surface area contributed by atoms with Gasteiger partial charge in [-0.1, -0.05) is 12.1 Å². The molecule has 2 aliphatic rings. The highest BCUT2D eigenvalue weighted by molar-refractivity contribution is 7.92. The number of likely N-dealkylation sites (N-methyl/N-ethyl adjacent to an activating group) is 1. The van der Waals surface area contributed by atoms with Crippen LogP contribution < -0.4 is 20.3 Å². The van der Waals surface area contributed by atoms with Gasteiger partial charge in [0.1, 0.15) is 5.75 Å². The molecule has 0 radical (unpaired) electrons. The standard InChI is InChI=1S/C31H40F3N7O3S/c1-21(2)45(42,43)28-8-6-5-7-25(28)35-26-20-29(37-38-30(26)31(32,33)34)36-24-10-9-23(19-27(24)44-4)40-13-11-22(12-14-40)41-17-15-39(3)16-18-41/h5-10,19-22H,11-18H2,1-4H3,(H2,35,36,37). The number of benzene rings is 2. The van der Waals surface area contributed by atoms with Crippen LogP contribution in [0.15, 0.2) is 53.4 Å². The number of halogens is 3. The fourth-order valence-corrected chi connectivity index (χ4v) is 6.97. The van der Waals surface area contributed by atoms with Crippen molar-refractivity contribution in [2.45, 2.75) is 49.1 Å². The van der Waals surface area contributed by atoms with Crippen LogP contribution in [-0.4, -0.2) is 93.1 Å². The van der Waals surface area contributed by atoms with Gasteiger partial charge >= 0.3 is 6.18 Å². The Balaban J connectivity index is 1.35. The number of hydrogen-bond donors (Lipinski definition) is 2. The summed E-state index contributed by atoms with van der Waals surface area (Å²) in [6.45, 7) is 9.25. The minimum absolute atomic E-state index is 0.00831. The van der Waals surface area contributed by atoms with Gasteiger partial charge in [-0.25, -0.2) is 8.42 Å². The molecule has 3 heterocycles. The predicted molar refractivity (Wildman–Crippen MR) is 170 cm³/mol. The molecule has 1 aromatic heterocycles. The molecule has 0 amide bonds. The van der Waals surface area contributed by atoms with E-state index in [4.69, 9.17) is 4.74 Å². The molecular formula is C31H40F3N7O3S. The second-order valence-corrected chi connectivity index (χ2v) is 14.2. The highest BCUT2D eigenvalue weighted by atomic mass is 32.2. The maximum atomic E-state index is 13.9. The number of nitrogens with zero attached hydrogens (tertiary/aromatic N) is 5. The number of rotatable bonds is 9. The van der Waals surface area contributed by atoms with Gasteiger partial charge in [0, 0.05) is 63.1 Å². The summed E-state index contributed by atoms with van der Waals surface area (Å²) in [6, 6.07) is 13.2. The lowest BCUT2D eigenvalue weighted by atomic mass is 10.0. The summed E-state index contributed by atoms with van der Waals surface area (Å²) in [5, 5.41) is 12.1. The zero-order valence-corrected chi connectivity index (χ0v) is 26.7. The average molecular weight is 648 g/mol. The summed E-state index contributed by atoms with van der Waals surface area (Å²) in [4.78, 5) is 7.17. The number of hydrogen-bond acceptors (Lipinski definition) is 10. The van der Waals surface area contributed by atoms with Crippen LogP contribution in [0.5, 0.6) is 5.75 Å². The van der Waals surface area contributed by atoms with Crippen LogP contribution in [0.4, 0.5) is 41.7 Å². The Morgan fingerprint density at radius 1 is 0.889 bits per heavy atom. The molecule has 0 bridgehead atoms. The van der Waals surface area contributed by atoms with Crippen molar-refractivity contribution >= 4 is 38.4 Å². The van der Waals surface area contributed by atoms with Crippen molar-refractivity contribution in [2.75, 3.05) is 69.0 Å². The normalized spacial score (nSPS) is 17.5. The lowest BCUT2D eigenvalue weighted by Crippen LogP contribution is -2.52. The second-order valence-electron chi connectivity index (χ2n) is 11.8. The first-order chi connectivity index (χ1) is 21.4. The fraction of sp³-hybridized carbons (Fsp3) is 0.484. The number of alkyl halides is 3. The van der Waals surface area contributed by atoms with Gasteiger partial charge in [0.2, 0.25) is 0 Å². The Labute approximate surface area is 262 Å². The Morgan fingerprint density at radius 3 is 2.22 bits per heavy atom. The van der Waals surface area contributed by atoms with E-state index < -0.39 is 32.6 Å². The summed E-state index contributed by atoms with van der Waals surface area (Å²) in [5.41, 5.74) is -0.208. The Hall–Kier alpha value is -3.62. The monoisotopic (exact) mass is 647 g/mol. The molecule has 14 heteroatoms. The molecule has 0 unspecified atom stereocenters. The van der Waals surface area contributed by atoms with E-state index in [1.165, 1.54) is 39.2 Å². The number of sulfone groups is 1. The van der Waals surface area contributed by atoms with Crippen molar-refractivity contribution in [3.8, 4) is 5.75 Å². The van der Waals surface area contributed by atoms with E-state index in [-0.39, 0.29) is 16.4 Å². The molecule has 0 atom stereocenters. The smallest absolute Gasteiger partial charge is 0.437 e. The third-order valence-corrected chi connectivity index (χ3v) is 10.7. The van der Waals surface area contributed by atoms with E-state index in [0.717, 1.165) is 63.9 Å². The number of ether oxygens (including phenoxy) is 1. The van der Waals surface area contributed by atoms with Crippen LogP contribution >= 0.6 is 0 Å². The SMILES string of the molecule is COc1cc(N2CCC(N3CCN(C)CC3)CC2)ccc1Nc1cc(Nc2ccccc2S(=O)(=O)C(C)C)c(C(F)(F)F)nn1. The Morgan fingerprint density at radius 2 is 1.58 bits per heavy atom. The van der Waals surface area contributed by atoms with Gasteiger partial charge in [0.25, 0.3) is 0 Å². The van der Waals surface area contributed by atoms with E-state index in [0.29, 0.717) is 17.5 Å². The summed E-state index contributed by atoms with van der Waals surface area (Å²) in [6.07, 6.45) is -2.69. The number of nitrogens with one attached hydrogen (secondary N) is 2. The minimum Gasteiger partial charge on any atom is -0.494 e. The second kappa shape index (κ2) is 13.4.